The van der Waals surface area contributed by atoms with Gasteiger partial charge in [0.05, 0.1) is 18.5 Å². The zero-order chi connectivity index (χ0) is 11.6. The zero-order valence-corrected chi connectivity index (χ0v) is 9.68. The van der Waals surface area contributed by atoms with Gasteiger partial charge in [-0.05, 0) is 12.1 Å². The molecule has 0 atom stereocenters. The number of H-pyrrole nitrogens is 1. The van der Waals surface area contributed by atoms with Crippen LogP contribution in [-0.2, 0) is 16.6 Å². The molecule has 0 unspecified atom stereocenters. The largest absolute Gasteiger partial charge is 0.391 e. The Morgan fingerprint density at radius 3 is 2.88 bits per heavy atom. The highest BCUT2D eigenvalue weighted by Gasteiger charge is 2.17. The minimum Gasteiger partial charge on any atom is -0.391 e. The van der Waals surface area contributed by atoms with E-state index in [0.717, 1.165) is 11.3 Å². The Morgan fingerprint density at radius 2 is 2.31 bits per heavy atom. The molecule has 16 heavy (non-hydrogen) atoms. The highest BCUT2D eigenvalue weighted by molar-refractivity contribution is 7.94. The van der Waals surface area contributed by atoms with Crippen molar-refractivity contribution in [3.05, 3.63) is 29.4 Å². The van der Waals surface area contributed by atoms with Gasteiger partial charge >= 0.3 is 0 Å². The van der Waals surface area contributed by atoms with Gasteiger partial charge in [0.1, 0.15) is 4.21 Å². The molecule has 0 fully saturated rings. The maximum Gasteiger partial charge on any atom is 0.271 e. The minimum atomic E-state index is -3.58. The Morgan fingerprint density at radius 1 is 1.50 bits per heavy atom. The number of sulfonamides is 1. The zero-order valence-electron chi connectivity index (χ0n) is 8.04. The van der Waals surface area contributed by atoms with Crippen LogP contribution in [-0.4, -0.2) is 23.7 Å². The van der Waals surface area contributed by atoms with Crippen LogP contribution >= 0.6 is 11.3 Å². The fourth-order valence-electron chi connectivity index (χ4n) is 1.10. The summed E-state index contributed by atoms with van der Waals surface area (Å²) in [4.78, 5) is 0.604. The molecule has 0 aliphatic carbocycles. The number of aliphatic hydroxyl groups is 1. The quantitative estimate of drug-likeness (QED) is 0.755. The Bertz CT molecular complexity index is 559. The van der Waals surface area contributed by atoms with Crippen molar-refractivity contribution in [2.75, 3.05) is 4.72 Å². The minimum absolute atomic E-state index is 0.161. The maximum atomic E-state index is 11.8. The number of anilines is 1. The van der Waals surface area contributed by atoms with E-state index in [4.69, 9.17) is 5.11 Å². The van der Waals surface area contributed by atoms with Crippen molar-refractivity contribution in [1.29, 1.82) is 0 Å². The number of nitrogens with zero attached hydrogens (tertiary/aromatic N) is 1. The van der Waals surface area contributed by atoms with Gasteiger partial charge in [-0.3, -0.25) is 9.82 Å². The monoisotopic (exact) mass is 259 g/mol. The normalized spacial score (nSPS) is 11.6. The van der Waals surface area contributed by atoms with Gasteiger partial charge in [-0.15, -0.1) is 11.3 Å². The van der Waals surface area contributed by atoms with Crippen LogP contribution in [0.15, 0.2) is 28.7 Å². The van der Waals surface area contributed by atoms with Crippen LogP contribution in [0.5, 0.6) is 0 Å². The van der Waals surface area contributed by atoms with Crippen LogP contribution in [0.3, 0.4) is 0 Å². The number of nitrogens with one attached hydrogen (secondary N) is 2. The molecule has 3 N–H and O–H groups in total. The number of rotatable bonds is 4. The first-order valence-corrected chi connectivity index (χ1v) is 6.63. The third kappa shape index (κ3) is 2.23. The van der Waals surface area contributed by atoms with E-state index in [-0.39, 0.29) is 10.8 Å². The summed E-state index contributed by atoms with van der Waals surface area (Å²) in [5.41, 5.74) is 0.374. The van der Waals surface area contributed by atoms with E-state index >= 15 is 0 Å². The molecule has 0 aliphatic heterocycles. The second-order valence-corrected chi connectivity index (χ2v) is 6.05. The van der Waals surface area contributed by atoms with E-state index in [0.29, 0.717) is 10.6 Å². The maximum absolute atomic E-state index is 11.8. The Balaban J connectivity index is 2.25. The van der Waals surface area contributed by atoms with Crippen molar-refractivity contribution in [3.8, 4) is 0 Å². The number of thiophene rings is 1. The number of hydrogen-bond donors (Lipinski definition) is 3. The van der Waals surface area contributed by atoms with Gasteiger partial charge in [0.25, 0.3) is 10.0 Å². The van der Waals surface area contributed by atoms with E-state index in [1.165, 1.54) is 18.5 Å². The predicted molar refractivity (Wildman–Crippen MR) is 59.6 cm³/mol. The van der Waals surface area contributed by atoms with Crippen LogP contribution < -0.4 is 4.72 Å². The Labute approximate surface area is 96.0 Å². The van der Waals surface area contributed by atoms with Gasteiger partial charge in [-0.2, -0.15) is 5.10 Å². The van der Waals surface area contributed by atoms with Gasteiger partial charge in [0, 0.05) is 11.1 Å². The van der Waals surface area contributed by atoms with E-state index < -0.39 is 10.0 Å². The van der Waals surface area contributed by atoms with Crippen molar-refractivity contribution in [2.24, 2.45) is 0 Å². The molecule has 86 valence electrons. The average Bonchev–Trinajstić information content (AvgIpc) is 2.85. The van der Waals surface area contributed by atoms with Crippen molar-refractivity contribution in [2.45, 2.75) is 10.8 Å². The second kappa shape index (κ2) is 4.24. The second-order valence-electron chi connectivity index (χ2n) is 2.97. The molecule has 0 aliphatic rings. The number of aromatic amines is 1. The summed E-state index contributed by atoms with van der Waals surface area (Å²) in [6, 6.07) is 3.03. The van der Waals surface area contributed by atoms with Crippen LogP contribution in [0.25, 0.3) is 0 Å². The van der Waals surface area contributed by atoms with Crippen molar-refractivity contribution in [3.63, 3.8) is 0 Å². The molecule has 0 saturated carbocycles. The molecule has 6 nitrogen and oxygen atoms in total. The van der Waals surface area contributed by atoms with Gasteiger partial charge in [-0.25, -0.2) is 8.42 Å². The SMILES string of the molecule is O=S(=O)(Nc1cn[nH]c1)c1ccc(CO)s1. The number of aromatic nitrogens is 2. The highest BCUT2D eigenvalue weighted by Crippen LogP contribution is 2.23. The lowest BCUT2D eigenvalue weighted by molar-refractivity contribution is 0.285. The van der Waals surface area contributed by atoms with Gasteiger partial charge in [0.2, 0.25) is 0 Å². The lowest BCUT2D eigenvalue weighted by Crippen LogP contribution is -2.10. The summed E-state index contributed by atoms with van der Waals surface area (Å²) in [7, 11) is -3.58. The van der Waals surface area contributed by atoms with Crippen LogP contribution in [0, 0.1) is 0 Å². The number of aliphatic hydroxyl groups excluding tert-OH is 1. The highest BCUT2D eigenvalue weighted by atomic mass is 32.2. The average molecular weight is 259 g/mol. The summed E-state index contributed by atoms with van der Waals surface area (Å²) in [5.74, 6) is 0. The third-order valence-corrected chi connectivity index (χ3v) is 4.75. The van der Waals surface area contributed by atoms with E-state index in [2.05, 4.69) is 14.9 Å². The summed E-state index contributed by atoms with van der Waals surface area (Å²) >= 11 is 1.03. The van der Waals surface area contributed by atoms with Crippen molar-refractivity contribution in [1.82, 2.24) is 10.2 Å². The summed E-state index contributed by atoms with van der Waals surface area (Å²) < 4.78 is 26.1. The van der Waals surface area contributed by atoms with Gasteiger partial charge in [0.15, 0.2) is 0 Å². The number of hydrogen-bond acceptors (Lipinski definition) is 5. The fraction of sp³-hybridized carbons (Fsp3) is 0.125. The Kier molecular flexibility index (Phi) is 2.95. The molecule has 0 aromatic carbocycles. The smallest absolute Gasteiger partial charge is 0.271 e. The van der Waals surface area contributed by atoms with Gasteiger partial charge < -0.3 is 5.11 Å². The molecule has 8 heteroatoms. The molecule has 2 aromatic rings. The molecule has 0 spiro atoms. The standard InChI is InChI=1S/C8H9N3O3S2/c12-5-7-1-2-8(15-7)16(13,14)11-6-3-9-10-4-6/h1-4,11-12H,5H2,(H,9,10). The van der Waals surface area contributed by atoms with Crippen molar-refractivity contribution >= 4 is 27.0 Å². The molecular weight excluding hydrogens is 250 g/mol. The molecule has 2 aromatic heterocycles. The van der Waals surface area contributed by atoms with Crippen LogP contribution in [0.1, 0.15) is 4.88 Å². The van der Waals surface area contributed by atoms with Crippen LogP contribution in [0.2, 0.25) is 0 Å². The molecule has 0 radical (unpaired) electrons. The first-order chi connectivity index (χ1) is 7.62. The van der Waals surface area contributed by atoms with E-state index in [1.807, 2.05) is 0 Å². The van der Waals surface area contributed by atoms with Crippen molar-refractivity contribution < 1.29 is 13.5 Å². The van der Waals surface area contributed by atoms with E-state index in [1.54, 1.807) is 6.07 Å². The first kappa shape index (κ1) is 11.1. The first-order valence-electron chi connectivity index (χ1n) is 4.33. The summed E-state index contributed by atoms with van der Waals surface area (Å²) in [6.07, 6.45) is 2.82. The summed E-state index contributed by atoms with van der Waals surface area (Å²) in [5, 5.41) is 15.0. The Hall–Kier alpha value is -1.38. The topological polar surface area (TPSA) is 95.1 Å². The van der Waals surface area contributed by atoms with E-state index in [9.17, 15) is 8.42 Å². The molecule has 2 heterocycles. The summed E-state index contributed by atoms with van der Waals surface area (Å²) in [6.45, 7) is -0.161. The fourth-order valence-corrected chi connectivity index (χ4v) is 3.35. The predicted octanol–water partition coefficient (Wildman–Crippen LogP) is 0.764. The lowest BCUT2D eigenvalue weighted by Gasteiger charge is -2.01. The molecule has 0 saturated heterocycles. The molecule has 0 bridgehead atoms. The lowest BCUT2D eigenvalue weighted by atomic mass is 10.5. The van der Waals surface area contributed by atoms with Gasteiger partial charge in [-0.1, -0.05) is 0 Å². The van der Waals surface area contributed by atoms with Crippen LogP contribution in [0.4, 0.5) is 5.69 Å². The molecule has 2 rings (SSSR count). The molecule has 0 amide bonds. The molecular formula is C8H9N3O3S2. The third-order valence-electron chi connectivity index (χ3n) is 1.81.